The molecule has 0 radical (unpaired) electrons. The highest BCUT2D eigenvalue weighted by atomic mass is 32.2. The molecule has 0 spiro atoms. The predicted molar refractivity (Wildman–Crippen MR) is 109 cm³/mol. The standard InChI is InChI=1S/C21H23N3O4S/c1-2-27-18-10-6-17(7-11-18)21-22-20(23-28-21)16-8-12-19(13-9-16)29(25,26)24-14-4-3-5-15-24/h6-13H,2-5,14-15H2,1H3. The Bertz CT molecular complexity index is 1050. The number of ether oxygens (including phenoxy) is 1. The zero-order valence-corrected chi connectivity index (χ0v) is 17.1. The second-order valence-corrected chi connectivity index (χ2v) is 8.81. The predicted octanol–water partition coefficient (Wildman–Crippen LogP) is 3.98. The van der Waals surface area contributed by atoms with Gasteiger partial charge in [-0.3, -0.25) is 0 Å². The lowest BCUT2D eigenvalue weighted by atomic mass is 10.2. The summed E-state index contributed by atoms with van der Waals surface area (Å²) in [5, 5.41) is 4.03. The van der Waals surface area contributed by atoms with Crippen molar-refractivity contribution >= 4 is 10.0 Å². The molecule has 4 rings (SSSR count). The summed E-state index contributed by atoms with van der Waals surface area (Å²) in [5.41, 5.74) is 1.49. The Morgan fingerprint density at radius 1 is 0.966 bits per heavy atom. The number of sulfonamides is 1. The maximum absolute atomic E-state index is 12.8. The molecule has 1 aliphatic rings. The van der Waals surface area contributed by atoms with Gasteiger partial charge in [-0.2, -0.15) is 9.29 Å². The van der Waals surface area contributed by atoms with E-state index in [0.717, 1.165) is 30.6 Å². The first-order valence-corrected chi connectivity index (χ1v) is 11.2. The minimum absolute atomic E-state index is 0.290. The minimum Gasteiger partial charge on any atom is -0.494 e. The van der Waals surface area contributed by atoms with E-state index in [1.165, 1.54) is 0 Å². The van der Waals surface area contributed by atoms with Gasteiger partial charge in [0.25, 0.3) is 5.89 Å². The van der Waals surface area contributed by atoms with Gasteiger partial charge in [-0.1, -0.05) is 11.6 Å². The van der Waals surface area contributed by atoms with Crippen molar-refractivity contribution in [2.24, 2.45) is 0 Å². The molecular weight excluding hydrogens is 390 g/mol. The molecule has 29 heavy (non-hydrogen) atoms. The Balaban J connectivity index is 1.52. The average Bonchev–Trinajstić information content (AvgIpc) is 3.25. The number of nitrogens with zero attached hydrogens (tertiary/aromatic N) is 3. The molecule has 7 nitrogen and oxygen atoms in total. The molecule has 0 atom stereocenters. The van der Waals surface area contributed by atoms with Crippen LogP contribution in [0.1, 0.15) is 26.2 Å². The van der Waals surface area contributed by atoms with Gasteiger partial charge in [0.2, 0.25) is 15.8 Å². The van der Waals surface area contributed by atoms with E-state index in [1.54, 1.807) is 28.6 Å². The Labute approximate surface area is 170 Å². The highest BCUT2D eigenvalue weighted by molar-refractivity contribution is 7.89. The summed E-state index contributed by atoms with van der Waals surface area (Å²) >= 11 is 0. The molecule has 2 aromatic carbocycles. The number of piperidine rings is 1. The molecule has 0 N–H and O–H groups in total. The SMILES string of the molecule is CCOc1ccc(-c2nc(-c3ccc(S(=O)(=O)N4CCCCC4)cc3)no2)cc1. The summed E-state index contributed by atoms with van der Waals surface area (Å²) < 4.78 is 37.9. The third kappa shape index (κ3) is 4.18. The highest BCUT2D eigenvalue weighted by Gasteiger charge is 2.25. The van der Waals surface area contributed by atoms with Gasteiger partial charge in [0.15, 0.2) is 0 Å². The fourth-order valence-electron chi connectivity index (χ4n) is 3.35. The van der Waals surface area contributed by atoms with Crippen LogP contribution in [0.15, 0.2) is 57.9 Å². The van der Waals surface area contributed by atoms with Crippen molar-refractivity contribution in [3.8, 4) is 28.6 Å². The lowest BCUT2D eigenvalue weighted by Crippen LogP contribution is -2.35. The highest BCUT2D eigenvalue weighted by Crippen LogP contribution is 2.26. The molecule has 0 unspecified atom stereocenters. The first kappa shape index (κ1) is 19.6. The van der Waals surface area contributed by atoms with E-state index in [4.69, 9.17) is 9.26 Å². The van der Waals surface area contributed by atoms with Crippen molar-refractivity contribution in [2.45, 2.75) is 31.1 Å². The van der Waals surface area contributed by atoms with Crippen molar-refractivity contribution in [1.29, 1.82) is 0 Å². The first-order valence-electron chi connectivity index (χ1n) is 9.75. The molecular formula is C21H23N3O4S. The molecule has 1 fully saturated rings. The fourth-order valence-corrected chi connectivity index (χ4v) is 4.87. The quantitative estimate of drug-likeness (QED) is 0.608. The second kappa shape index (κ2) is 8.34. The van der Waals surface area contributed by atoms with Gasteiger partial charge in [-0.25, -0.2) is 8.42 Å². The van der Waals surface area contributed by atoms with Gasteiger partial charge in [-0.15, -0.1) is 0 Å². The molecule has 0 aliphatic carbocycles. The summed E-state index contributed by atoms with van der Waals surface area (Å²) in [6, 6.07) is 14.0. The van der Waals surface area contributed by atoms with Crippen LogP contribution < -0.4 is 4.74 Å². The normalized spacial score (nSPS) is 15.3. The minimum atomic E-state index is -3.45. The van der Waals surface area contributed by atoms with Crippen LogP contribution in [-0.2, 0) is 10.0 Å². The van der Waals surface area contributed by atoms with Crippen molar-refractivity contribution in [3.05, 3.63) is 48.5 Å². The number of hydrogen-bond donors (Lipinski definition) is 0. The number of hydrogen-bond acceptors (Lipinski definition) is 6. The smallest absolute Gasteiger partial charge is 0.258 e. The number of aromatic nitrogens is 2. The second-order valence-electron chi connectivity index (χ2n) is 6.87. The van der Waals surface area contributed by atoms with Gasteiger partial charge in [-0.05, 0) is 68.3 Å². The third-order valence-electron chi connectivity index (χ3n) is 4.90. The van der Waals surface area contributed by atoms with Crippen LogP contribution in [0.3, 0.4) is 0 Å². The van der Waals surface area contributed by atoms with Crippen molar-refractivity contribution in [3.63, 3.8) is 0 Å². The molecule has 0 bridgehead atoms. The molecule has 0 saturated carbocycles. The molecule has 0 amide bonds. The Hall–Kier alpha value is -2.71. The maximum Gasteiger partial charge on any atom is 0.258 e. The lowest BCUT2D eigenvalue weighted by molar-refractivity contribution is 0.340. The fraction of sp³-hybridized carbons (Fsp3) is 0.333. The molecule has 1 aliphatic heterocycles. The largest absolute Gasteiger partial charge is 0.494 e. The maximum atomic E-state index is 12.8. The average molecular weight is 413 g/mol. The van der Waals surface area contributed by atoms with Crippen LogP contribution in [0.5, 0.6) is 5.75 Å². The van der Waals surface area contributed by atoms with Gasteiger partial charge in [0.1, 0.15) is 5.75 Å². The van der Waals surface area contributed by atoms with E-state index >= 15 is 0 Å². The number of benzene rings is 2. The van der Waals surface area contributed by atoms with Crippen LogP contribution >= 0.6 is 0 Å². The molecule has 1 saturated heterocycles. The van der Waals surface area contributed by atoms with E-state index < -0.39 is 10.0 Å². The molecule has 152 valence electrons. The summed E-state index contributed by atoms with van der Waals surface area (Å²) in [6.45, 7) is 3.70. The zero-order valence-electron chi connectivity index (χ0n) is 16.2. The third-order valence-corrected chi connectivity index (χ3v) is 6.82. The first-order chi connectivity index (χ1) is 14.1. The van der Waals surface area contributed by atoms with Gasteiger partial charge >= 0.3 is 0 Å². The molecule has 3 aromatic rings. The van der Waals surface area contributed by atoms with Gasteiger partial charge < -0.3 is 9.26 Å². The summed E-state index contributed by atoms with van der Waals surface area (Å²) in [4.78, 5) is 4.72. The van der Waals surface area contributed by atoms with Crippen LogP contribution in [-0.4, -0.2) is 42.6 Å². The van der Waals surface area contributed by atoms with E-state index in [-0.39, 0.29) is 0 Å². The van der Waals surface area contributed by atoms with Crippen LogP contribution in [0.25, 0.3) is 22.8 Å². The summed E-state index contributed by atoms with van der Waals surface area (Å²) in [6.07, 6.45) is 2.91. The van der Waals surface area contributed by atoms with Crippen LogP contribution in [0, 0.1) is 0 Å². The molecule has 1 aromatic heterocycles. The van der Waals surface area contributed by atoms with Gasteiger partial charge in [0, 0.05) is 24.2 Å². The van der Waals surface area contributed by atoms with Crippen LogP contribution in [0.4, 0.5) is 0 Å². The van der Waals surface area contributed by atoms with E-state index in [2.05, 4.69) is 10.1 Å². The summed E-state index contributed by atoms with van der Waals surface area (Å²) in [5.74, 6) is 1.59. The van der Waals surface area contributed by atoms with E-state index in [0.29, 0.717) is 41.9 Å². The lowest BCUT2D eigenvalue weighted by Gasteiger charge is -2.25. The number of rotatable bonds is 6. The zero-order chi connectivity index (χ0) is 20.3. The van der Waals surface area contributed by atoms with E-state index in [9.17, 15) is 8.42 Å². The topological polar surface area (TPSA) is 85.5 Å². The van der Waals surface area contributed by atoms with Crippen molar-refractivity contribution < 1.29 is 17.7 Å². The van der Waals surface area contributed by atoms with Crippen molar-refractivity contribution in [2.75, 3.05) is 19.7 Å². The van der Waals surface area contributed by atoms with E-state index in [1.807, 2.05) is 31.2 Å². The Kier molecular flexibility index (Phi) is 5.64. The van der Waals surface area contributed by atoms with Crippen molar-refractivity contribution in [1.82, 2.24) is 14.4 Å². The van der Waals surface area contributed by atoms with Crippen LogP contribution in [0.2, 0.25) is 0 Å². The molecule has 8 heteroatoms. The monoisotopic (exact) mass is 413 g/mol. The summed E-state index contributed by atoms with van der Waals surface area (Å²) in [7, 11) is -3.45. The Morgan fingerprint density at radius 2 is 1.62 bits per heavy atom. The molecule has 2 heterocycles. The van der Waals surface area contributed by atoms with Gasteiger partial charge in [0.05, 0.1) is 11.5 Å². The Morgan fingerprint density at radius 3 is 2.28 bits per heavy atom.